The molecule has 2 saturated heterocycles. The molecule has 0 bridgehead atoms. The standard InChI is InChI=1S/C11H12O4/c1-6-5-11(14-8(6)13)4-3-7(12)10(2)9(11)15-10/h3-4,6,9H,5H2,1-2H3/t6-,9?,10?,11-/m1/s1. The molecule has 15 heavy (non-hydrogen) atoms. The van der Waals surface area contributed by atoms with E-state index in [0.29, 0.717) is 6.42 Å². The Hall–Kier alpha value is -1.16. The molecule has 3 aliphatic rings. The van der Waals surface area contributed by atoms with Gasteiger partial charge in [-0.05, 0) is 19.1 Å². The van der Waals surface area contributed by atoms with Gasteiger partial charge in [-0.1, -0.05) is 6.92 Å². The first-order chi connectivity index (χ1) is 6.98. The van der Waals surface area contributed by atoms with Crippen molar-refractivity contribution in [2.24, 2.45) is 5.92 Å². The van der Waals surface area contributed by atoms with Crippen LogP contribution in [0.15, 0.2) is 12.2 Å². The molecule has 3 rings (SSSR count). The first-order valence-corrected chi connectivity index (χ1v) is 5.12. The van der Waals surface area contributed by atoms with Crippen LogP contribution in [-0.2, 0) is 19.1 Å². The van der Waals surface area contributed by atoms with Gasteiger partial charge in [-0.2, -0.15) is 0 Å². The van der Waals surface area contributed by atoms with Crippen molar-refractivity contribution in [1.29, 1.82) is 0 Å². The number of hydrogen-bond acceptors (Lipinski definition) is 4. The van der Waals surface area contributed by atoms with Crippen LogP contribution in [0, 0.1) is 5.92 Å². The van der Waals surface area contributed by atoms with Gasteiger partial charge in [-0.3, -0.25) is 9.59 Å². The molecule has 2 heterocycles. The van der Waals surface area contributed by atoms with E-state index in [9.17, 15) is 9.59 Å². The molecule has 80 valence electrons. The number of rotatable bonds is 0. The Morgan fingerprint density at radius 3 is 2.80 bits per heavy atom. The lowest BCUT2D eigenvalue weighted by Gasteiger charge is -2.25. The number of epoxide rings is 1. The van der Waals surface area contributed by atoms with E-state index in [1.807, 2.05) is 6.92 Å². The molecule has 0 saturated carbocycles. The molecule has 0 N–H and O–H groups in total. The van der Waals surface area contributed by atoms with Crippen molar-refractivity contribution >= 4 is 11.8 Å². The Labute approximate surface area is 87.2 Å². The van der Waals surface area contributed by atoms with E-state index in [2.05, 4.69) is 0 Å². The lowest BCUT2D eigenvalue weighted by Crippen LogP contribution is -2.42. The van der Waals surface area contributed by atoms with Gasteiger partial charge < -0.3 is 9.47 Å². The fourth-order valence-electron chi connectivity index (χ4n) is 2.59. The summed E-state index contributed by atoms with van der Waals surface area (Å²) in [6.07, 6.45) is 3.50. The topological polar surface area (TPSA) is 55.9 Å². The molecule has 4 atom stereocenters. The summed E-state index contributed by atoms with van der Waals surface area (Å²) in [5.41, 5.74) is -1.43. The first kappa shape index (κ1) is 9.09. The maximum atomic E-state index is 11.5. The third-order valence-electron chi connectivity index (χ3n) is 3.57. The zero-order valence-corrected chi connectivity index (χ0v) is 8.65. The van der Waals surface area contributed by atoms with Gasteiger partial charge in [0.25, 0.3) is 0 Å². The number of carbonyl (C=O) groups is 2. The van der Waals surface area contributed by atoms with Crippen LogP contribution in [0.4, 0.5) is 0 Å². The van der Waals surface area contributed by atoms with Crippen LogP contribution in [-0.4, -0.2) is 29.1 Å². The van der Waals surface area contributed by atoms with Crippen molar-refractivity contribution in [2.75, 3.05) is 0 Å². The normalized spacial score (nSPS) is 51.9. The lowest BCUT2D eigenvalue weighted by molar-refractivity contribution is -0.148. The smallest absolute Gasteiger partial charge is 0.309 e. The summed E-state index contributed by atoms with van der Waals surface area (Å²) in [7, 11) is 0. The summed E-state index contributed by atoms with van der Waals surface area (Å²) in [4.78, 5) is 22.9. The van der Waals surface area contributed by atoms with Crippen LogP contribution in [0.2, 0.25) is 0 Å². The second kappa shape index (κ2) is 2.32. The SMILES string of the molecule is C[C@@H]1C[C@@]2(C=CC(=O)C3(C)OC32)OC1=O. The number of carbonyl (C=O) groups excluding carboxylic acids is 2. The lowest BCUT2D eigenvalue weighted by atomic mass is 9.80. The highest BCUT2D eigenvalue weighted by Crippen LogP contribution is 2.53. The number of hydrogen-bond donors (Lipinski definition) is 0. The van der Waals surface area contributed by atoms with Gasteiger partial charge in [0.15, 0.2) is 17.0 Å². The number of esters is 1. The maximum Gasteiger partial charge on any atom is 0.309 e. The van der Waals surface area contributed by atoms with Crippen LogP contribution >= 0.6 is 0 Å². The molecule has 0 aromatic rings. The van der Waals surface area contributed by atoms with Crippen molar-refractivity contribution in [3.63, 3.8) is 0 Å². The predicted octanol–water partition coefficient (Wildman–Crippen LogP) is 0.605. The van der Waals surface area contributed by atoms with Gasteiger partial charge in [0.1, 0.15) is 6.10 Å². The van der Waals surface area contributed by atoms with E-state index in [1.54, 1.807) is 13.0 Å². The molecule has 2 fully saturated rings. The zero-order chi connectivity index (χ0) is 10.8. The van der Waals surface area contributed by atoms with E-state index < -0.39 is 11.2 Å². The molecule has 1 spiro atoms. The monoisotopic (exact) mass is 208 g/mol. The van der Waals surface area contributed by atoms with E-state index in [4.69, 9.17) is 9.47 Å². The summed E-state index contributed by atoms with van der Waals surface area (Å²) >= 11 is 0. The Morgan fingerprint density at radius 1 is 1.47 bits per heavy atom. The number of ether oxygens (including phenoxy) is 2. The second-order valence-corrected chi connectivity index (χ2v) is 4.78. The van der Waals surface area contributed by atoms with E-state index >= 15 is 0 Å². The maximum absolute atomic E-state index is 11.5. The van der Waals surface area contributed by atoms with Gasteiger partial charge in [0, 0.05) is 6.42 Å². The zero-order valence-electron chi connectivity index (χ0n) is 8.65. The summed E-state index contributed by atoms with van der Waals surface area (Å²) < 4.78 is 10.8. The van der Waals surface area contributed by atoms with Crippen molar-refractivity contribution in [1.82, 2.24) is 0 Å². The van der Waals surface area contributed by atoms with E-state index in [1.165, 1.54) is 6.08 Å². The van der Waals surface area contributed by atoms with Gasteiger partial charge in [0.05, 0.1) is 5.92 Å². The molecule has 1 aliphatic carbocycles. The van der Waals surface area contributed by atoms with Crippen molar-refractivity contribution < 1.29 is 19.1 Å². The average molecular weight is 208 g/mol. The van der Waals surface area contributed by atoms with Crippen molar-refractivity contribution in [3.05, 3.63) is 12.2 Å². The van der Waals surface area contributed by atoms with Crippen LogP contribution in [0.5, 0.6) is 0 Å². The van der Waals surface area contributed by atoms with Gasteiger partial charge in [0.2, 0.25) is 0 Å². The average Bonchev–Trinajstić information content (AvgIpc) is 2.80. The largest absolute Gasteiger partial charge is 0.452 e. The number of ketones is 1. The van der Waals surface area contributed by atoms with Crippen LogP contribution < -0.4 is 0 Å². The third-order valence-corrected chi connectivity index (χ3v) is 3.57. The Balaban J connectivity index is 2.00. The molecule has 0 aromatic heterocycles. The molecule has 2 unspecified atom stereocenters. The molecule has 0 aromatic carbocycles. The van der Waals surface area contributed by atoms with Crippen LogP contribution in [0.1, 0.15) is 20.3 Å². The minimum atomic E-state index is -0.751. The quantitative estimate of drug-likeness (QED) is 0.432. The summed E-state index contributed by atoms with van der Waals surface area (Å²) in [5.74, 6) is -0.350. The molecule has 4 heteroatoms. The fraction of sp³-hybridized carbons (Fsp3) is 0.636. The summed E-state index contributed by atoms with van der Waals surface area (Å²) in [5, 5.41) is 0. The van der Waals surface area contributed by atoms with E-state index in [-0.39, 0.29) is 23.8 Å². The highest BCUT2D eigenvalue weighted by atomic mass is 16.7. The fourth-order valence-corrected chi connectivity index (χ4v) is 2.59. The second-order valence-electron chi connectivity index (χ2n) is 4.78. The van der Waals surface area contributed by atoms with E-state index in [0.717, 1.165) is 0 Å². The summed E-state index contributed by atoms with van der Waals surface area (Å²) in [6, 6.07) is 0. The van der Waals surface area contributed by atoms with Gasteiger partial charge >= 0.3 is 5.97 Å². The Kier molecular flexibility index (Phi) is 1.41. The number of fused-ring (bicyclic) bond motifs is 2. The molecule has 4 nitrogen and oxygen atoms in total. The highest BCUT2D eigenvalue weighted by Gasteiger charge is 2.71. The van der Waals surface area contributed by atoms with Gasteiger partial charge in [-0.25, -0.2) is 0 Å². The Bertz CT molecular complexity index is 399. The highest BCUT2D eigenvalue weighted by molar-refractivity contribution is 6.01. The van der Waals surface area contributed by atoms with Crippen LogP contribution in [0.25, 0.3) is 0 Å². The molecule has 2 aliphatic heterocycles. The minimum absolute atomic E-state index is 0.0336. The molecule has 0 amide bonds. The molecular weight excluding hydrogens is 196 g/mol. The van der Waals surface area contributed by atoms with Crippen molar-refractivity contribution in [3.8, 4) is 0 Å². The molecule has 0 radical (unpaired) electrons. The Morgan fingerprint density at radius 2 is 2.20 bits per heavy atom. The van der Waals surface area contributed by atoms with Crippen LogP contribution in [0.3, 0.4) is 0 Å². The third kappa shape index (κ3) is 0.951. The molecular formula is C11H12O4. The predicted molar refractivity (Wildman–Crippen MR) is 50.0 cm³/mol. The van der Waals surface area contributed by atoms with Gasteiger partial charge in [-0.15, -0.1) is 0 Å². The van der Waals surface area contributed by atoms with Crippen molar-refractivity contribution in [2.45, 2.75) is 37.6 Å². The minimum Gasteiger partial charge on any atom is -0.452 e. The summed E-state index contributed by atoms with van der Waals surface area (Å²) in [6.45, 7) is 3.59. The first-order valence-electron chi connectivity index (χ1n) is 5.12.